The fourth-order valence-electron chi connectivity index (χ4n) is 7.64. The Kier molecular flexibility index (Phi) is 12.5. The number of nitrogens with zero attached hydrogens (tertiary/aromatic N) is 9. The number of hydrogen-bond acceptors (Lipinski definition) is 14. The van der Waals surface area contributed by atoms with Crippen LogP contribution in [0, 0.1) is 45.9 Å². The number of esters is 1. The summed E-state index contributed by atoms with van der Waals surface area (Å²) in [6.45, 7) is 10.6. The first kappa shape index (κ1) is 43.3. The quantitative estimate of drug-likeness (QED) is 0.0973. The molecule has 4 aromatic heterocycles. The van der Waals surface area contributed by atoms with E-state index in [1.165, 1.54) is 18.4 Å². The second-order valence-corrected chi connectivity index (χ2v) is 17.6. The fourth-order valence-corrected chi connectivity index (χ4v) is 10.3. The summed E-state index contributed by atoms with van der Waals surface area (Å²) in [5.74, 6) is 1.35. The number of methoxy groups -OCH3 is 1. The molecule has 0 aliphatic carbocycles. The number of aryl methyl sites for hydroxylation is 3. The molecule has 0 bridgehead atoms. The number of carbonyl (C=O) groups is 3. The van der Waals surface area contributed by atoms with Crippen molar-refractivity contribution < 1.29 is 23.9 Å². The summed E-state index contributed by atoms with van der Waals surface area (Å²) in [6, 6.07) is 15.4. The van der Waals surface area contributed by atoms with Crippen LogP contribution in [-0.2, 0) is 19.1 Å². The number of carbonyl (C=O) groups excluding carboxylic acids is 3. The standard InChI is InChI=1S/C44H42ClN11O5S2/c1-22-24(3)62-43-35(22)37(28-9-7-27(21-46)8-10-28)49-31(40-53-51-25(4)55(40)43)19-33(57)47-15-17-61-18-16-48-42(59)39-23(2)36-38(29-11-13-30(45)14-12-29)50-32(20-34(58)60-6)41-54-52-26(5)56(41)44(36)63-39/h7-14,31-32H,15-20H2,1-6H3,(H,47,57)(H,48,59)/t31-,32-/m0/s1. The third-order valence-corrected chi connectivity index (χ3v) is 13.6. The Balaban J connectivity index is 0.913. The molecule has 2 amide bonds. The van der Waals surface area contributed by atoms with Crippen molar-refractivity contribution in [3.8, 4) is 16.1 Å². The molecule has 63 heavy (non-hydrogen) atoms. The number of hydrogen-bond donors (Lipinski definition) is 2. The van der Waals surface area contributed by atoms with Crippen LogP contribution >= 0.6 is 34.3 Å². The molecule has 2 aliphatic heterocycles. The van der Waals surface area contributed by atoms with Crippen LogP contribution in [0.15, 0.2) is 58.5 Å². The second-order valence-electron chi connectivity index (χ2n) is 15.0. The van der Waals surface area contributed by atoms with Gasteiger partial charge in [0.15, 0.2) is 11.6 Å². The van der Waals surface area contributed by atoms with Crippen molar-refractivity contribution in [3.63, 3.8) is 0 Å². The predicted octanol–water partition coefficient (Wildman–Crippen LogP) is 6.34. The van der Waals surface area contributed by atoms with E-state index in [-0.39, 0.29) is 51.0 Å². The van der Waals surface area contributed by atoms with Gasteiger partial charge < -0.3 is 20.1 Å². The second kappa shape index (κ2) is 18.1. The molecule has 0 saturated carbocycles. The van der Waals surface area contributed by atoms with Gasteiger partial charge in [-0.25, -0.2) is 0 Å². The summed E-state index contributed by atoms with van der Waals surface area (Å²) >= 11 is 9.16. The number of thiophene rings is 2. The third-order valence-electron chi connectivity index (χ3n) is 10.9. The minimum atomic E-state index is -0.685. The summed E-state index contributed by atoms with van der Waals surface area (Å²) in [5.41, 5.74) is 6.95. The van der Waals surface area contributed by atoms with Crippen molar-refractivity contribution in [1.29, 1.82) is 5.26 Å². The first-order chi connectivity index (χ1) is 30.4. The number of ether oxygens (including phenoxy) is 2. The van der Waals surface area contributed by atoms with Crippen molar-refractivity contribution >= 4 is 63.5 Å². The molecule has 0 saturated heterocycles. The van der Waals surface area contributed by atoms with Gasteiger partial charge >= 0.3 is 5.97 Å². The SMILES string of the molecule is COC(=O)C[C@@H]1N=C(c2ccc(Cl)cc2)c2c(sc(C(=O)NCCOCCNC(=O)C[C@@H]3N=C(c4ccc(C#N)cc4)c4c(sc(C)c4C)-n4c(C)nnc43)c2C)-n2c(C)nnc21. The fraction of sp³-hybridized carbons (Fsp3) is 0.318. The van der Waals surface area contributed by atoms with Crippen LogP contribution in [0.2, 0.25) is 5.02 Å². The molecule has 2 atom stereocenters. The molecule has 2 aromatic carbocycles. The van der Waals surface area contributed by atoms with E-state index >= 15 is 0 Å². The van der Waals surface area contributed by atoms with Gasteiger partial charge in [0.05, 0.1) is 61.1 Å². The number of halogens is 1. The van der Waals surface area contributed by atoms with E-state index in [1.807, 2.05) is 54.2 Å². The first-order valence-corrected chi connectivity index (χ1v) is 22.1. The number of fused-ring (bicyclic) bond motifs is 6. The van der Waals surface area contributed by atoms with Gasteiger partial charge in [-0.1, -0.05) is 35.9 Å². The van der Waals surface area contributed by atoms with E-state index < -0.39 is 18.1 Å². The van der Waals surface area contributed by atoms with Gasteiger partial charge in [0.2, 0.25) is 5.91 Å². The molecule has 0 radical (unpaired) electrons. The highest BCUT2D eigenvalue weighted by molar-refractivity contribution is 7.17. The van der Waals surface area contributed by atoms with Gasteiger partial charge in [-0.2, -0.15) is 5.26 Å². The maximum atomic E-state index is 13.7. The number of nitrogens with one attached hydrogen (secondary N) is 2. The molecule has 16 nitrogen and oxygen atoms in total. The minimum absolute atomic E-state index is 0.0254. The summed E-state index contributed by atoms with van der Waals surface area (Å²) in [7, 11) is 1.33. The molecule has 0 spiro atoms. The van der Waals surface area contributed by atoms with E-state index in [0.29, 0.717) is 55.0 Å². The lowest BCUT2D eigenvalue weighted by molar-refractivity contribution is -0.141. The topological polar surface area (TPSA) is 204 Å². The van der Waals surface area contributed by atoms with Gasteiger partial charge in [0.25, 0.3) is 5.91 Å². The maximum absolute atomic E-state index is 13.7. The lowest BCUT2D eigenvalue weighted by Crippen LogP contribution is -2.31. The Morgan fingerprint density at radius 2 is 1.29 bits per heavy atom. The summed E-state index contributed by atoms with van der Waals surface area (Å²) in [6.07, 6.45) is -0.0228. The Morgan fingerprint density at radius 3 is 1.87 bits per heavy atom. The predicted molar refractivity (Wildman–Crippen MR) is 239 cm³/mol. The van der Waals surface area contributed by atoms with Gasteiger partial charge in [0.1, 0.15) is 33.7 Å². The van der Waals surface area contributed by atoms with Crippen LogP contribution in [0.1, 0.15) is 102 Å². The Morgan fingerprint density at radius 1 is 0.746 bits per heavy atom. The Hall–Kier alpha value is -6.39. The van der Waals surface area contributed by atoms with E-state index in [1.54, 1.807) is 35.6 Å². The number of nitriles is 1. The number of aliphatic imine (C=N–C) groups is 2. The average molecular weight is 904 g/mol. The molecule has 19 heteroatoms. The normalized spacial score (nSPS) is 15.1. The van der Waals surface area contributed by atoms with Crippen LogP contribution < -0.4 is 10.6 Å². The molecule has 2 N–H and O–H groups in total. The minimum Gasteiger partial charge on any atom is -0.469 e. The highest BCUT2D eigenvalue weighted by Gasteiger charge is 2.35. The van der Waals surface area contributed by atoms with Crippen LogP contribution in [0.3, 0.4) is 0 Å². The zero-order chi connectivity index (χ0) is 44.5. The molecular formula is C44H42ClN11O5S2. The van der Waals surface area contributed by atoms with Gasteiger partial charge in [0, 0.05) is 45.2 Å². The van der Waals surface area contributed by atoms with Crippen molar-refractivity contribution in [2.45, 2.75) is 59.5 Å². The Labute approximate surface area is 375 Å². The van der Waals surface area contributed by atoms with Crippen molar-refractivity contribution in [1.82, 2.24) is 40.2 Å². The molecule has 322 valence electrons. The third kappa shape index (κ3) is 8.44. The monoisotopic (exact) mass is 903 g/mol. The first-order valence-electron chi connectivity index (χ1n) is 20.1. The van der Waals surface area contributed by atoms with E-state index in [9.17, 15) is 19.6 Å². The number of rotatable bonds is 13. The lowest BCUT2D eigenvalue weighted by Gasteiger charge is -2.13. The zero-order valence-electron chi connectivity index (χ0n) is 35.3. The van der Waals surface area contributed by atoms with Gasteiger partial charge in [-0.05, 0) is 70.0 Å². The van der Waals surface area contributed by atoms with Crippen LogP contribution in [0.25, 0.3) is 10.0 Å². The summed E-state index contributed by atoms with van der Waals surface area (Å²) < 4.78 is 14.6. The molecule has 6 heterocycles. The van der Waals surface area contributed by atoms with E-state index in [0.717, 1.165) is 43.4 Å². The van der Waals surface area contributed by atoms with E-state index in [4.69, 9.17) is 31.1 Å². The summed E-state index contributed by atoms with van der Waals surface area (Å²) in [5, 5.41) is 35.1. The van der Waals surface area contributed by atoms with E-state index in [2.05, 4.69) is 50.9 Å². The van der Waals surface area contributed by atoms with Crippen molar-refractivity contribution in [3.05, 3.63) is 126 Å². The molecule has 8 rings (SSSR count). The molecule has 2 aliphatic rings. The number of aromatic nitrogens is 6. The smallest absolute Gasteiger partial charge is 0.308 e. The summed E-state index contributed by atoms with van der Waals surface area (Å²) in [4.78, 5) is 51.5. The van der Waals surface area contributed by atoms with Gasteiger partial charge in [-0.15, -0.1) is 43.1 Å². The Bertz CT molecular complexity index is 2870. The maximum Gasteiger partial charge on any atom is 0.308 e. The lowest BCUT2D eigenvalue weighted by atomic mass is 9.99. The van der Waals surface area contributed by atoms with Crippen LogP contribution in [-0.4, -0.2) is 92.1 Å². The average Bonchev–Trinajstić information content (AvgIpc) is 3.98. The van der Waals surface area contributed by atoms with Crippen molar-refractivity contribution in [2.75, 3.05) is 33.4 Å². The number of amides is 2. The zero-order valence-corrected chi connectivity index (χ0v) is 37.7. The van der Waals surface area contributed by atoms with Crippen LogP contribution in [0.4, 0.5) is 0 Å². The van der Waals surface area contributed by atoms with Crippen LogP contribution in [0.5, 0.6) is 0 Å². The van der Waals surface area contributed by atoms with Gasteiger partial charge in [-0.3, -0.25) is 33.5 Å². The molecular weight excluding hydrogens is 862 g/mol. The highest BCUT2D eigenvalue weighted by Crippen LogP contribution is 2.41. The number of benzene rings is 2. The molecule has 6 aromatic rings. The molecule has 0 fully saturated rings. The van der Waals surface area contributed by atoms with Crippen molar-refractivity contribution in [2.24, 2.45) is 9.98 Å². The molecule has 0 unspecified atom stereocenters. The largest absolute Gasteiger partial charge is 0.469 e. The highest BCUT2D eigenvalue weighted by atomic mass is 35.5.